The van der Waals surface area contributed by atoms with E-state index in [-0.39, 0.29) is 18.4 Å². The van der Waals surface area contributed by atoms with Crippen LogP contribution in [0.15, 0.2) is 35.3 Å². The van der Waals surface area contributed by atoms with Crippen molar-refractivity contribution in [3.8, 4) is 5.75 Å². The number of guanidine groups is 1. The van der Waals surface area contributed by atoms with Gasteiger partial charge in [-0.25, -0.2) is 4.99 Å². The van der Waals surface area contributed by atoms with Gasteiger partial charge < -0.3 is 16.2 Å². The van der Waals surface area contributed by atoms with Crippen molar-refractivity contribution in [1.29, 1.82) is 0 Å². The highest BCUT2D eigenvalue weighted by molar-refractivity contribution is 7.20. The van der Waals surface area contributed by atoms with Gasteiger partial charge in [-0.2, -0.15) is 0 Å². The maximum atomic E-state index is 6.07. The molecule has 0 bridgehead atoms. The topological polar surface area (TPSA) is 73.6 Å². The summed E-state index contributed by atoms with van der Waals surface area (Å²) >= 11 is 13.4. The zero-order valence-electron chi connectivity index (χ0n) is 11.6. The first-order valence-corrected chi connectivity index (χ1v) is 7.88. The molecule has 0 saturated heterocycles. The summed E-state index contributed by atoms with van der Waals surface area (Å²) in [6, 6.07) is 9.24. The van der Waals surface area contributed by atoms with Gasteiger partial charge in [0.25, 0.3) is 0 Å². The van der Waals surface area contributed by atoms with E-state index in [9.17, 15) is 0 Å². The molecule has 0 amide bonds. The number of benzene rings is 1. The third-order valence-corrected chi connectivity index (χ3v) is 4.26. The van der Waals surface area contributed by atoms with Crippen LogP contribution in [-0.2, 0) is 6.42 Å². The van der Waals surface area contributed by atoms with Crippen LogP contribution in [0.4, 0.5) is 5.69 Å². The largest absolute Gasteiger partial charge is 0.491 e. The monoisotopic (exact) mass is 379 g/mol. The van der Waals surface area contributed by atoms with Crippen LogP contribution in [0, 0.1) is 0 Å². The quantitative estimate of drug-likeness (QED) is 0.443. The Labute approximate surface area is 149 Å². The van der Waals surface area contributed by atoms with E-state index in [0.29, 0.717) is 22.4 Å². The van der Waals surface area contributed by atoms with Gasteiger partial charge in [0.2, 0.25) is 0 Å². The summed E-state index contributed by atoms with van der Waals surface area (Å²) in [5.74, 6) is 0.658. The molecular formula is C14H16Cl3N3OS. The number of para-hydroxylation sites is 2. The summed E-state index contributed by atoms with van der Waals surface area (Å²) in [5, 5.41) is 0. The summed E-state index contributed by atoms with van der Waals surface area (Å²) in [7, 11) is 0. The summed E-state index contributed by atoms with van der Waals surface area (Å²) in [4.78, 5) is 4.02. The highest BCUT2D eigenvalue weighted by Crippen LogP contribution is 2.32. The Kier molecular flexibility index (Phi) is 7.82. The van der Waals surface area contributed by atoms with Gasteiger partial charge in [0.15, 0.2) is 5.96 Å². The molecule has 0 spiro atoms. The molecule has 0 radical (unpaired) electrons. The molecule has 0 unspecified atom stereocenters. The number of halogens is 3. The number of nitrogens with zero attached hydrogens (tertiary/aromatic N) is 1. The molecule has 0 aliphatic rings. The van der Waals surface area contributed by atoms with E-state index in [1.54, 1.807) is 6.07 Å². The molecule has 1 heterocycles. The van der Waals surface area contributed by atoms with Crippen LogP contribution in [0.25, 0.3) is 0 Å². The van der Waals surface area contributed by atoms with Gasteiger partial charge in [0, 0.05) is 0 Å². The number of hydrogen-bond acceptors (Lipinski definition) is 3. The maximum Gasteiger partial charge on any atom is 0.191 e. The lowest BCUT2D eigenvalue weighted by Gasteiger charge is -2.08. The molecule has 0 atom stereocenters. The summed E-state index contributed by atoms with van der Waals surface area (Å²) in [6.07, 6.45) is 1.63. The van der Waals surface area contributed by atoms with E-state index in [2.05, 4.69) is 4.99 Å². The number of ether oxygens (including phenoxy) is 1. The van der Waals surface area contributed by atoms with Crippen LogP contribution in [0.2, 0.25) is 8.67 Å². The highest BCUT2D eigenvalue weighted by atomic mass is 35.5. The van der Waals surface area contributed by atoms with Crippen molar-refractivity contribution in [3.63, 3.8) is 0 Å². The Morgan fingerprint density at radius 3 is 2.59 bits per heavy atom. The van der Waals surface area contributed by atoms with Crippen LogP contribution in [0.1, 0.15) is 12.0 Å². The van der Waals surface area contributed by atoms with Gasteiger partial charge >= 0.3 is 0 Å². The first kappa shape index (κ1) is 18.9. The predicted molar refractivity (Wildman–Crippen MR) is 97.3 cm³/mol. The summed E-state index contributed by atoms with van der Waals surface area (Å²) < 4.78 is 7.16. The number of hydrogen-bond donors (Lipinski definition) is 2. The zero-order chi connectivity index (χ0) is 15.2. The van der Waals surface area contributed by atoms with Crippen LogP contribution >= 0.6 is 46.9 Å². The second-order valence-electron chi connectivity index (χ2n) is 4.31. The van der Waals surface area contributed by atoms with Crippen LogP contribution in [-0.4, -0.2) is 12.6 Å². The van der Waals surface area contributed by atoms with Gasteiger partial charge in [-0.05, 0) is 36.6 Å². The molecule has 4 N–H and O–H groups in total. The van der Waals surface area contributed by atoms with Crippen molar-refractivity contribution >= 4 is 58.6 Å². The fourth-order valence-corrected chi connectivity index (χ4v) is 3.34. The second-order valence-corrected chi connectivity index (χ2v) is 6.59. The smallest absolute Gasteiger partial charge is 0.191 e. The van der Waals surface area contributed by atoms with Gasteiger partial charge in [0.05, 0.1) is 15.3 Å². The predicted octanol–water partition coefficient (Wildman–Crippen LogP) is 4.39. The third-order valence-electron chi connectivity index (χ3n) is 2.69. The van der Waals surface area contributed by atoms with E-state index in [1.807, 2.05) is 24.3 Å². The molecule has 8 heteroatoms. The molecule has 0 fully saturated rings. The van der Waals surface area contributed by atoms with E-state index in [1.165, 1.54) is 11.3 Å². The van der Waals surface area contributed by atoms with Gasteiger partial charge in [-0.15, -0.1) is 23.7 Å². The molecule has 4 nitrogen and oxygen atoms in total. The second kappa shape index (κ2) is 9.10. The Hall–Kier alpha value is -1.14. The molecule has 2 aromatic rings. The number of thiophene rings is 1. The first-order chi connectivity index (χ1) is 10.1. The lowest BCUT2D eigenvalue weighted by molar-refractivity contribution is 0.312. The standard InChI is InChI=1S/C14H15Cl2N3OS.ClH/c15-12-8-9(13(16)21-12)4-3-7-20-11-6-2-1-5-10(11)19-14(17)18;/h1-2,5-6,8H,3-4,7H2,(H4,17,18,19);1H. The molecule has 1 aromatic carbocycles. The number of nitrogens with two attached hydrogens (primary N) is 2. The van der Waals surface area contributed by atoms with Gasteiger partial charge in [-0.1, -0.05) is 35.3 Å². The lowest BCUT2D eigenvalue weighted by atomic mass is 10.2. The molecule has 0 aliphatic heterocycles. The Morgan fingerprint density at radius 1 is 1.23 bits per heavy atom. The van der Waals surface area contributed by atoms with E-state index >= 15 is 0 Å². The molecule has 1 aromatic heterocycles. The summed E-state index contributed by atoms with van der Waals surface area (Å²) in [6.45, 7) is 0.542. The van der Waals surface area contributed by atoms with Gasteiger partial charge in [-0.3, -0.25) is 0 Å². The minimum atomic E-state index is 0. The van der Waals surface area contributed by atoms with E-state index < -0.39 is 0 Å². The van der Waals surface area contributed by atoms with E-state index in [0.717, 1.165) is 22.7 Å². The number of rotatable bonds is 6. The van der Waals surface area contributed by atoms with Crippen molar-refractivity contribution < 1.29 is 4.74 Å². The van der Waals surface area contributed by atoms with Crippen LogP contribution in [0.3, 0.4) is 0 Å². The normalized spacial score (nSPS) is 9.91. The minimum Gasteiger partial charge on any atom is -0.491 e. The fourth-order valence-electron chi connectivity index (χ4n) is 1.80. The fraction of sp³-hybridized carbons (Fsp3) is 0.214. The highest BCUT2D eigenvalue weighted by Gasteiger charge is 2.06. The Morgan fingerprint density at radius 2 is 1.95 bits per heavy atom. The van der Waals surface area contributed by atoms with Crippen LogP contribution < -0.4 is 16.2 Å². The molecule has 0 aliphatic carbocycles. The molecule has 0 saturated carbocycles. The Balaban J connectivity index is 0.00000242. The third kappa shape index (κ3) is 5.57. The maximum absolute atomic E-state index is 6.07. The molecule has 2 rings (SSSR count). The lowest BCUT2D eigenvalue weighted by Crippen LogP contribution is -2.22. The van der Waals surface area contributed by atoms with Crippen LogP contribution in [0.5, 0.6) is 5.75 Å². The first-order valence-electron chi connectivity index (χ1n) is 6.31. The average molecular weight is 381 g/mol. The van der Waals surface area contributed by atoms with Crippen molar-refractivity contribution in [2.24, 2.45) is 16.5 Å². The number of aliphatic imine (C=N–C) groups is 1. The van der Waals surface area contributed by atoms with Gasteiger partial charge in [0.1, 0.15) is 11.4 Å². The minimum absolute atomic E-state index is 0. The Bertz CT molecular complexity index is 642. The molecule has 22 heavy (non-hydrogen) atoms. The summed E-state index contributed by atoms with van der Waals surface area (Å²) in [5.41, 5.74) is 12.4. The molecule has 120 valence electrons. The van der Waals surface area contributed by atoms with E-state index in [4.69, 9.17) is 39.4 Å². The average Bonchev–Trinajstić information content (AvgIpc) is 2.74. The molecular weight excluding hydrogens is 365 g/mol. The SMILES string of the molecule is Cl.NC(N)=Nc1ccccc1OCCCc1cc(Cl)sc1Cl. The van der Waals surface area contributed by atoms with Crippen molar-refractivity contribution in [2.75, 3.05) is 6.61 Å². The van der Waals surface area contributed by atoms with Crippen molar-refractivity contribution in [2.45, 2.75) is 12.8 Å². The number of aryl methyl sites for hydroxylation is 1. The van der Waals surface area contributed by atoms with Crippen molar-refractivity contribution in [1.82, 2.24) is 0 Å². The zero-order valence-corrected chi connectivity index (χ0v) is 14.7. The van der Waals surface area contributed by atoms with Crippen molar-refractivity contribution in [3.05, 3.63) is 44.6 Å².